The summed E-state index contributed by atoms with van der Waals surface area (Å²) in [6.45, 7) is 7.98. The second-order valence-electron chi connectivity index (χ2n) is 5.72. The molecule has 0 unspecified atom stereocenters. The summed E-state index contributed by atoms with van der Waals surface area (Å²) in [4.78, 5) is 36.3. The lowest BCUT2D eigenvalue weighted by molar-refractivity contribution is -0.130. The number of hydrogen-bond donors (Lipinski definition) is 3. The fourth-order valence-electron chi connectivity index (χ4n) is 2.10. The lowest BCUT2D eigenvalue weighted by Crippen LogP contribution is -2.40. The van der Waals surface area contributed by atoms with Gasteiger partial charge in [0.1, 0.15) is 5.54 Å². The zero-order valence-electron chi connectivity index (χ0n) is 13.1. The lowest BCUT2D eigenvalue weighted by atomic mass is 10.1. The first-order valence-electron chi connectivity index (χ1n) is 7.50. The summed E-state index contributed by atoms with van der Waals surface area (Å²) in [5, 5.41) is 8.61. The highest BCUT2D eigenvalue weighted by Crippen LogP contribution is 2.16. The molecule has 0 saturated carbocycles. The molecule has 1 saturated heterocycles. The van der Waals surface area contributed by atoms with Crippen molar-refractivity contribution in [3.8, 4) is 0 Å². The third-order valence-electron chi connectivity index (χ3n) is 3.28. The predicted molar refractivity (Wildman–Crippen MR) is 79.7 cm³/mol. The molecule has 0 bridgehead atoms. The van der Waals surface area contributed by atoms with Crippen LogP contribution in [-0.2, 0) is 9.59 Å². The van der Waals surface area contributed by atoms with Gasteiger partial charge in [-0.3, -0.25) is 14.5 Å². The van der Waals surface area contributed by atoms with Gasteiger partial charge >= 0.3 is 6.03 Å². The van der Waals surface area contributed by atoms with Crippen molar-refractivity contribution in [2.45, 2.75) is 45.6 Å². The Hall–Kier alpha value is -1.63. The molecule has 1 fully saturated rings. The molecule has 7 nitrogen and oxygen atoms in total. The van der Waals surface area contributed by atoms with Crippen molar-refractivity contribution in [2.75, 3.05) is 26.2 Å². The Kier molecular flexibility index (Phi) is 6.61. The molecule has 1 aliphatic rings. The molecule has 0 aromatic carbocycles. The average Bonchev–Trinajstić information content (AvgIpc) is 2.60. The van der Waals surface area contributed by atoms with Crippen molar-refractivity contribution in [3.05, 3.63) is 0 Å². The summed E-state index contributed by atoms with van der Waals surface area (Å²) in [5.41, 5.74) is -0.843. The molecular weight excluding hydrogens is 272 g/mol. The van der Waals surface area contributed by atoms with Gasteiger partial charge in [0.25, 0.3) is 5.91 Å². The Morgan fingerprint density at radius 2 is 1.95 bits per heavy atom. The first-order valence-corrected chi connectivity index (χ1v) is 7.50. The van der Waals surface area contributed by atoms with E-state index in [1.807, 2.05) is 0 Å². The van der Waals surface area contributed by atoms with Crippen molar-refractivity contribution >= 4 is 17.8 Å². The van der Waals surface area contributed by atoms with Gasteiger partial charge < -0.3 is 16.0 Å². The van der Waals surface area contributed by atoms with Gasteiger partial charge in [0.2, 0.25) is 5.91 Å². The highest BCUT2D eigenvalue weighted by Gasteiger charge is 2.43. The summed E-state index contributed by atoms with van der Waals surface area (Å²) >= 11 is 0. The summed E-state index contributed by atoms with van der Waals surface area (Å²) in [6, 6.07) is -0.380. The summed E-state index contributed by atoms with van der Waals surface area (Å²) < 4.78 is 0. The molecule has 0 aliphatic carbocycles. The van der Waals surface area contributed by atoms with Crippen LogP contribution in [0, 0.1) is 0 Å². The molecule has 0 spiro atoms. The van der Waals surface area contributed by atoms with Crippen LogP contribution < -0.4 is 16.0 Å². The standard InChI is InChI=1S/C14H26N4O3/c1-4-7-15-8-9-16-11(19)6-5-10-18-12(20)14(2,3)17-13(18)21/h15H,4-10H2,1-3H3,(H,16,19)(H,17,21). The van der Waals surface area contributed by atoms with E-state index >= 15 is 0 Å². The Morgan fingerprint density at radius 3 is 2.52 bits per heavy atom. The fourth-order valence-corrected chi connectivity index (χ4v) is 2.10. The van der Waals surface area contributed by atoms with Crippen LogP contribution in [0.2, 0.25) is 0 Å². The monoisotopic (exact) mass is 298 g/mol. The van der Waals surface area contributed by atoms with E-state index in [1.165, 1.54) is 4.90 Å². The van der Waals surface area contributed by atoms with Gasteiger partial charge in [0, 0.05) is 26.1 Å². The zero-order chi connectivity index (χ0) is 15.9. The van der Waals surface area contributed by atoms with Crippen molar-refractivity contribution in [3.63, 3.8) is 0 Å². The quantitative estimate of drug-likeness (QED) is 0.419. The molecular formula is C14H26N4O3. The van der Waals surface area contributed by atoms with Crippen LogP contribution in [0.1, 0.15) is 40.0 Å². The third kappa shape index (κ3) is 5.34. The largest absolute Gasteiger partial charge is 0.355 e. The van der Waals surface area contributed by atoms with Crippen LogP contribution in [0.25, 0.3) is 0 Å². The molecule has 3 N–H and O–H groups in total. The van der Waals surface area contributed by atoms with Gasteiger partial charge in [-0.15, -0.1) is 0 Å². The van der Waals surface area contributed by atoms with Crippen molar-refractivity contribution in [1.29, 1.82) is 0 Å². The summed E-state index contributed by atoms with van der Waals surface area (Å²) in [5.74, 6) is -0.295. The van der Waals surface area contributed by atoms with Crippen LogP contribution >= 0.6 is 0 Å². The second-order valence-corrected chi connectivity index (χ2v) is 5.72. The second kappa shape index (κ2) is 7.97. The maximum atomic E-state index is 11.9. The highest BCUT2D eigenvalue weighted by atomic mass is 16.2. The van der Waals surface area contributed by atoms with Crippen LogP contribution in [0.5, 0.6) is 0 Å². The first kappa shape index (κ1) is 17.4. The van der Waals surface area contributed by atoms with E-state index in [4.69, 9.17) is 0 Å². The minimum atomic E-state index is -0.843. The highest BCUT2D eigenvalue weighted by molar-refractivity contribution is 6.06. The van der Waals surface area contributed by atoms with Gasteiger partial charge in [-0.25, -0.2) is 4.79 Å². The van der Waals surface area contributed by atoms with E-state index in [9.17, 15) is 14.4 Å². The minimum absolute atomic E-state index is 0.0559. The number of nitrogens with one attached hydrogen (secondary N) is 3. The Labute approximate surface area is 125 Å². The van der Waals surface area contributed by atoms with E-state index < -0.39 is 5.54 Å². The molecule has 1 heterocycles. The zero-order valence-corrected chi connectivity index (χ0v) is 13.1. The van der Waals surface area contributed by atoms with Gasteiger partial charge in [-0.1, -0.05) is 6.92 Å². The average molecular weight is 298 g/mol. The van der Waals surface area contributed by atoms with Crippen molar-refractivity contribution < 1.29 is 14.4 Å². The number of amides is 4. The Morgan fingerprint density at radius 1 is 1.24 bits per heavy atom. The molecule has 0 radical (unpaired) electrons. The van der Waals surface area contributed by atoms with E-state index in [-0.39, 0.29) is 24.4 Å². The molecule has 120 valence electrons. The van der Waals surface area contributed by atoms with Crippen LogP contribution in [0.15, 0.2) is 0 Å². The third-order valence-corrected chi connectivity index (χ3v) is 3.28. The first-order chi connectivity index (χ1) is 9.88. The van der Waals surface area contributed by atoms with Crippen LogP contribution in [0.3, 0.4) is 0 Å². The van der Waals surface area contributed by atoms with Gasteiger partial charge in [-0.05, 0) is 33.2 Å². The van der Waals surface area contributed by atoms with Crippen molar-refractivity contribution in [2.24, 2.45) is 0 Å². The van der Waals surface area contributed by atoms with Gasteiger partial charge in [-0.2, -0.15) is 0 Å². The molecule has 4 amide bonds. The number of hydrogen-bond acceptors (Lipinski definition) is 4. The van der Waals surface area contributed by atoms with E-state index in [2.05, 4.69) is 22.9 Å². The van der Waals surface area contributed by atoms with Crippen molar-refractivity contribution in [1.82, 2.24) is 20.9 Å². The summed E-state index contributed by atoms with van der Waals surface area (Å²) in [7, 11) is 0. The number of nitrogens with zero attached hydrogens (tertiary/aromatic N) is 1. The van der Waals surface area contributed by atoms with Gasteiger partial charge in [0.15, 0.2) is 0 Å². The summed E-state index contributed by atoms with van der Waals surface area (Å²) in [6.07, 6.45) is 1.85. The van der Waals surface area contributed by atoms with E-state index in [0.29, 0.717) is 19.4 Å². The number of imide groups is 1. The topological polar surface area (TPSA) is 90.5 Å². The molecule has 21 heavy (non-hydrogen) atoms. The molecule has 1 rings (SSSR count). The molecule has 0 aromatic rings. The molecule has 0 aromatic heterocycles. The Bertz CT molecular complexity index is 396. The maximum absolute atomic E-state index is 11.9. The van der Waals surface area contributed by atoms with Crippen LogP contribution in [0.4, 0.5) is 4.79 Å². The van der Waals surface area contributed by atoms with E-state index in [1.54, 1.807) is 13.8 Å². The van der Waals surface area contributed by atoms with Gasteiger partial charge in [0.05, 0.1) is 0 Å². The molecule has 1 aliphatic heterocycles. The van der Waals surface area contributed by atoms with E-state index in [0.717, 1.165) is 19.5 Å². The Balaban J connectivity index is 2.17. The number of urea groups is 1. The number of rotatable bonds is 9. The molecule has 0 atom stereocenters. The normalized spacial score (nSPS) is 17.0. The lowest BCUT2D eigenvalue weighted by Gasteiger charge is -2.15. The predicted octanol–water partition coefficient (Wildman–Crippen LogP) is 0.213. The maximum Gasteiger partial charge on any atom is 0.325 e. The molecule has 7 heteroatoms. The number of carbonyl (C=O) groups is 3. The van der Waals surface area contributed by atoms with Crippen LogP contribution in [-0.4, -0.2) is 54.5 Å². The smallest absolute Gasteiger partial charge is 0.325 e. The minimum Gasteiger partial charge on any atom is -0.355 e. The fraction of sp³-hybridized carbons (Fsp3) is 0.786. The number of carbonyl (C=O) groups excluding carboxylic acids is 3. The SMILES string of the molecule is CCCNCCNC(=O)CCCN1C(=O)NC(C)(C)C1=O.